The highest BCUT2D eigenvalue weighted by Gasteiger charge is 2.32. The van der Waals surface area contributed by atoms with E-state index in [4.69, 9.17) is 4.74 Å². The highest BCUT2D eigenvalue weighted by atomic mass is 19.3. The van der Waals surface area contributed by atoms with Crippen molar-refractivity contribution in [2.75, 3.05) is 62.7 Å². The number of aromatic nitrogens is 4. The van der Waals surface area contributed by atoms with Crippen molar-refractivity contribution in [3.05, 3.63) is 36.2 Å². The standard InChI is InChI=1S/C26H30F2N8O3/c27-24(28)25-30-18-4-1-2-5-19(18)36(25)21-14-20(31-26(32-21)34-10-12-39-13-11-34)29-17-15-35(16-17)23(38)7-9-33-8-3-6-22(33)37/h1-2,4-5,14,17,24H,3,6-13,15-16H2,(H,29,31,32). The van der Waals surface area contributed by atoms with Crippen molar-refractivity contribution in [2.24, 2.45) is 0 Å². The van der Waals surface area contributed by atoms with Crippen molar-refractivity contribution < 1.29 is 23.1 Å². The molecule has 13 heteroatoms. The van der Waals surface area contributed by atoms with Crippen LogP contribution in [-0.2, 0) is 14.3 Å². The Bertz CT molecular complexity index is 1370. The topological polar surface area (TPSA) is 109 Å². The van der Waals surface area contributed by atoms with Gasteiger partial charge >= 0.3 is 0 Å². The molecule has 5 heterocycles. The van der Waals surface area contributed by atoms with E-state index in [9.17, 15) is 18.4 Å². The van der Waals surface area contributed by atoms with Crippen LogP contribution in [0.2, 0.25) is 0 Å². The molecule has 0 bridgehead atoms. The Morgan fingerprint density at radius 3 is 2.64 bits per heavy atom. The smallest absolute Gasteiger partial charge is 0.296 e. The summed E-state index contributed by atoms with van der Waals surface area (Å²) < 4.78 is 34.9. The van der Waals surface area contributed by atoms with E-state index >= 15 is 0 Å². The summed E-state index contributed by atoms with van der Waals surface area (Å²) in [7, 11) is 0. The summed E-state index contributed by atoms with van der Waals surface area (Å²) in [6.07, 6.45) is -1.08. The first-order chi connectivity index (χ1) is 19.0. The van der Waals surface area contributed by atoms with Crippen molar-refractivity contribution in [1.29, 1.82) is 0 Å². The number of morpholine rings is 1. The van der Waals surface area contributed by atoms with Crippen molar-refractivity contribution >= 4 is 34.6 Å². The number of anilines is 2. The van der Waals surface area contributed by atoms with E-state index in [1.54, 1.807) is 40.1 Å². The third-order valence-electron chi connectivity index (χ3n) is 7.36. The molecule has 3 aromatic rings. The molecule has 1 aromatic carbocycles. The number of fused-ring (bicyclic) bond motifs is 1. The van der Waals surface area contributed by atoms with Crippen LogP contribution in [0.15, 0.2) is 30.3 Å². The van der Waals surface area contributed by atoms with E-state index in [0.717, 1.165) is 13.0 Å². The number of carbonyl (C=O) groups excluding carboxylic acids is 2. The molecule has 3 aliphatic rings. The molecule has 206 valence electrons. The molecule has 1 N–H and O–H groups in total. The number of para-hydroxylation sites is 2. The van der Waals surface area contributed by atoms with Crippen LogP contribution in [0, 0.1) is 0 Å². The van der Waals surface area contributed by atoms with Crippen LogP contribution in [0.3, 0.4) is 0 Å². The minimum Gasteiger partial charge on any atom is -0.378 e. The van der Waals surface area contributed by atoms with Crippen LogP contribution in [0.4, 0.5) is 20.5 Å². The van der Waals surface area contributed by atoms with Gasteiger partial charge < -0.3 is 24.8 Å². The van der Waals surface area contributed by atoms with Crippen LogP contribution in [0.5, 0.6) is 0 Å². The molecule has 0 spiro atoms. The fraction of sp³-hybridized carbons (Fsp3) is 0.500. The van der Waals surface area contributed by atoms with Crippen LogP contribution in [-0.4, -0.2) is 99.7 Å². The van der Waals surface area contributed by atoms with Crippen molar-refractivity contribution in [3.8, 4) is 5.82 Å². The number of hydrogen-bond acceptors (Lipinski definition) is 8. The lowest BCUT2D eigenvalue weighted by atomic mass is 10.1. The zero-order chi connectivity index (χ0) is 26.9. The van der Waals surface area contributed by atoms with Gasteiger partial charge in [-0.1, -0.05) is 12.1 Å². The van der Waals surface area contributed by atoms with E-state index < -0.39 is 6.43 Å². The number of hydrogen-bond donors (Lipinski definition) is 1. The number of carbonyl (C=O) groups is 2. The Hall–Kier alpha value is -3.87. The molecule has 0 unspecified atom stereocenters. The summed E-state index contributed by atoms with van der Waals surface area (Å²) in [5.41, 5.74) is 0.986. The molecule has 0 radical (unpaired) electrons. The summed E-state index contributed by atoms with van der Waals surface area (Å²) in [4.78, 5) is 43.4. The summed E-state index contributed by atoms with van der Waals surface area (Å²) in [5, 5.41) is 3.36. The molecule has 0 saturated carbocycles. The monoisotopic (exact) mass is 540 g/mol. The van der Waals surface area contributed by atoms with E-state index in [1.165, 1.54) is 4.57 Å². The highest BCUT2D eigenvalue weighted by Crippen LogP contribution is 2.29. The molecule has 3 aliphatic heterocycles. The first-order valence-corrected chi connectivity index (χ1v) is 13.3. The predicted molar refractivity (Wildman–Crippen MR) is 139 cm³/mol. The molecule has 2 aromatic heterocycles. The number of nitrogens with zero attached hydrogens (tertiary/aromatic N) is 7. The Balaban J connectivity index is 1.22. The van der Waals surface area contributed by atoms with Crippen molar-refractivity contribution in [3.63, 3.8) is 0 Å². The zero-order valence-electron chi connectivity index (χ0n) is 21.4. The van der Waals surface area contributed by atoms with Crippen LogP contribution < -0.4 is 10.2 Å². The van der Waals surface area contributed by atoms with Gasteiger partial charge in [-0.25, -0.2) is 13.8 Å². The molecule has 11 nitrogen and oxygen atoms in total. The number of likely N-dealkylation sites (tertiary alicyclic amines) is 2. The molecule has 6 rings (SSSR count). The number of ether oxygens (including phenoxy) is 1. The SMILES string of the molecule is O=C1CCCN1CCC(=O)N1CC(Nc2cc(-n3c(C(F)F)nc4ccccc43)nc(N3CCOCC3)n2)C1. The molecule has 0 aliphatic carbocycles. The maximum absolute atomic E-state index is 14.1. The zero-order valence-corrected chi connectivity index (χ0v) is 21.4. The van der Waals surface area contributed by atoms with Gasteiger partial charge in [-0.05, 0) is 18.6 Å². The second kappa shape index (κ2) is 10.7. The second-order valence-corrected chi connectivity index (χ2v) is 9.98. The third kappa shape index (κ3) is 5.22. The number of nitrogens with one attached hydrogen (secondary N) is 1. The quantitative estimate of drug-likeness (QED) is 0.464. The summed E-state index contributed by atoms with van der Waals surface area (Å²) in [6.45, 7) is 4.38. The lowest BCUT2D eigenvalue weighted by Crippen LogP contribution is -2.57. The first kappa shape index (κ1) is 25.4. The number of benzene rings is 1. The van der Waals surface area contributed by atoms with Gasteiger partial charge in [0.25, 0.3) is 6.43 Å². The van der Waals surface area contributed by atoms with Gasteiger partial charge in [0.2, 0.25) is 17.8 Å². The largest absolute Gasteiger partial charge is 0.378 e. The van der Waals surface area contributed by atoms with Crippen molar-refractivity contribution in [2.45, 2.75) is 31.7 Å². The fourth-order valence-electron chi connectivity index (χ4n) is 5.26. The van der Waals surface area contributed by atoms with Crippen molar-refractivity contribution in [1.82, 2.24) is 29.3 Å². The Morgan fingerprint density at radius 2 is 1.90 bits per heavy atom. The number of amides is 2. The van der Waals surface area contributed by atoms with E-state index in [-0.39, 0.29) is 23.7 Å². The third-order valence-corrected chi connectivity index (χ3v) is 7.36. The Labute approximate surface area is 223 Å². The number of imidazole rings is 1. The van der Waals surface area contributed by atoms with Gasteiger partial charge in [-0.15, -0.1) is 0 Å². The highest BCUT2D eigenvalue weighted by molar-refractivity contribution is 5.81. The molecule has 0 atom stereocenters. The maximum atomic E-state index is 14.1. The van der Waals surface area contributed by atoms with Gasteiger partial charge in [-0.3, -0.25) is 14.2 Å². The maximum Gasteiger partial charge on any atom is 0.296 e. The average Bonchev–Trinajstić information content (AvgIpc) is 3.52. The first-order valence-electron chi connectivity index (χ1n) is 13.3. The van der Waals surface area contributed by atoms with Crippen LogP contribution in [0.25, 0.3) is 16.9 Å². The second-order valence-electron chi connectivity index (χ2n) is 9.98. The predicted octanol–water partition coefficient (Wildman–Crippen LogP) is 2.22. The molecule has 3 fully saturated rings. The Kier molecular flexibility index (Phi) is 6.98. The number of halogens is 2. The summed E-state index contributed by atoms with van der Waals surface area (Å²) >= 11 is 0. The van der Waals surface area contributed by atoms with E-state index in [1.807, 2.05) is 4.90 Å². The average molecular weight is 541 g/mol. The lowest BCUT2D eigenvalue weighted by molar-refractivity contribution is -0.136. The van der Waals surface area contributed by atoms with Crippen LogP contribution in [0.1, 0.15) is 31.5 Å². The van der Waals surface area contributed by atoms with Gasteiger partial charge in [0.15, 0.2) is 5.82 Å². The van der Waals surface area contributed by atoms with E-state index in [2.05, 4.69) is 20.3 Å². The van der Waals surface area contributed by atoms with Gasteiger partial charge in [-0.2, -0.15) is 9.97 Å². The van der Waals surface area contributed by atoms with Crippen LogP contribution >= 0.6 is 0 Å². The normalized spacial score (nSPS) is 18.3. The Morgan fingerprint density at radius 1 is 1.10 bits per heavy atom. The lowest BCUT2D eigenvalue weighted by Gasteiger charge is -2.40. The number of alkyl halides is 2. The van der Waals surface area contributed by atoms with Gasteiger partial charge in [0.1, 0.15) is 11.6 Å². The molecule has 3 saturated heterocycles. The van der Waals surface area contributed by atoms with Gasteiger partial charge in [0.05, 0.1) is 30.3 Å². The molecular weight excluding hydrogens is 510 g/mol. The molecular formula is C26H30F2N8O3. The molecule has 39 heavy (non-hydrogen) atoms. The minimum absolute atomic E-state index is 0.0107. The number of rotatable bonds is 8. The summed E-state index contributed by atoms with van der Waals surface area (Å²) in [6, 6.07) is 8.57. The van der Waals surface area contributed by atoms with E-state index in [0.29, 0.717) is 87.4 Å². The fourth-order valence-corrected chi connectivity index (χ4v) is 5.26. The minimum atomic E-state index is -2.79. The molecule has 2 amide bonds. The summed E-state index contributed by atoms with van der Waals surface area (Å²) in [5.74, 6) is 0.933. The van der Waals surface area contributed by atoms with Gasteiger partial charge in [0, 0.05) is 58.2 Å².